The van der Waals surface area contributed by atoms with Gasteiger partial charge in [0.2, 0.25) is 11.1 Å². The zero-order valence-corrected chi connectivity index (χ0v) is 10.1. The van der Waals surface area contributed by atoms with Crippen molar-refractivity contribution >= 4 is 29.2 Å². The molecule has 18 heavy (non-hydrogen) atoms. The molecule has 1 heterocycles. The number of amides is 1. The summed E-state index contributed by atoms with van der Waals surface area (Å²) in [6.07, 6.45) is -0.106. The maximum absolute atomic E-state index is 10.7. The minimum absolute atomic E-state index is 0.0428. The van der Waals surface area contributed by atoms with Crippen LogP contribution in [0.4, 0.5) is 16.3 Å². The number of nitrogens with one attached hydrogen (secondary N) is 1. The molecule has 0 spiro atoms. The highest BCUT2D eigenvalue weighted by Gasteiger charge is 2.16. The van der Waals surface area contributed by atoms with Gasteiger partial charge in [0.15, 0.2) is 0 Å². The molecule has 0 bridgehead atoms. The minimum atomic E-state index is -1.09. The maximum atomic E-state index is 10.7. The van der Waals surface area contributed by atoms with Gasteiger partial charge in [0.25, 0.3) is 0 Å². The molecule has 1 aromatic rings. The first-order valence-corrected chi connectivity index (χ1v) is 5.14. The number of rotatable bonds is 5. The molecule has 0 aliphatic heterocycles. The van der Waals surface area contributed by atoms with Gasteiger partial charge in [-0.05, 0) is 11.6 Å². The van der Waals surface area contributed by atoms with Crippen molar-refractivity contribution in [3.05, 3.63) is 21.6 Å². The SMILES string of the molecule is CN(CCNc1nc(Cl)ncc1[N+](=O)[O-])C(=O)O. The molecule has 0 aliphatic rings. The molecule has 0 aromatic carbocycles. The van der Waals surface area contributed by atoms with Gasteiger partial charge < -0.3 is 15.3 Å². The van der Waals surface area contributed by atoms with Gasteiger partial charge in [-0.15, -0.1) is 0 Å². The van der Waals surface area contributed by atoms with E-state index in [-0.39, 0.29) is 29.9 Å². The van der Waals surface area contributed by atoms with Crippen LogP contribution in [0.25, 0.3) is 0 Å². The Bertz CT molecular complexity index is 469. The fourth-order valence-electron chi connectivity index (χ4n) is 1.06. The number of carbonyl (C=O) groups is 1. The average molecular weight is 276 g/mol. The molecular formula is C8H10ClN5O4. The molecule has 0 atom stereocenters. The van der Waals surface area contributed by atoms with Crippen molar-refractivity contribution in [2.75, 3.05) is 25.5 Å². The molecule has 0 saturated heterocycles. The predicted molar refractivity (Wildman–Crippen MR) is 62.8 cm³/mol. The van der Waals surface area contributed by atoms with Crippen molar-refractivity contribution < 1.29 is 14.8 Å². The fourth-order valence-corrected chi connectivity index (χ4v) is 1.19. The predicted octanol–water partition coefficient (Wildman–Crippen LogP) is 1.06. The second kappa shape index (κ2) is 5.96. The number of aromatic nitrogens is 2. The third-order valence-corrected chi connectivity index (χ3v) is 2.19. The molecule has 98 valence electrons. The molecule has 0 radical (unpaired) electrons. The average Bonchev–Trinajstić information content (AvgIpc) is 2.28. The van der Waals surface area contributed by atoms with Crippen LogP contribution in [0.15, 0.2) is 6.20 Å². The van der Waals surface area contributed by atoms with Crippen LogP contribution < -0.4 is 5.32 Å². The lowest BCUT2D eigenvalue weighted by Crippen LogP contribution is -2.30. The van der Waals surface area contributed by atoms with E-state index in [0.717, 1.165) is 11.1 Å². The van der Waals surface area contributed by atoms with Gasteiger partial charge in [-0.25, -0.2) is 9.78 Å². The smallest absolute Gasteiger partial charge is 0.407 e. The molecule has 0 saturated carbocycles. The van der Waals surface area contributed by atoms with Gasteiger partial charge in [-0.2, -0.15) is 4.98 Å². The molecule has 9 nitrogen and oxygen atoms in total. The van der Waals surface area contributed by atoms with Crippen LogP contribution in [0, 0.1) is 10.1 Å². The molecule has 1 aromatic heterocycles. The molecule has 1 amide bonds. The van der Waals surface area contributed by atoms with Gasteiger partial charge in [-0.3, -0.25) is 10.1 Å². The summed E-state index contributed by atoms with van der Waals surface area (Å²) in [7, 11) is 1.38. The first-order chi connectivity index (χ1) is 8.41. The monoisotopic (exact) mass is 275 g/mol. The molecule has 2 N–H and O–H groups in total. The summed E-state index contributed by atoms with van der Waals surface area (Å²) < 4.78 is 0. The van der Waals surface area contributed by atoms with Crippen molar-refractivity contribution in [3.63, 3.8) is 0 Å². The van der Waals surface area contributed by atoms with Crippen LogP contribution in [0.5, 0.6) is 0 Å². The Kier molecular flexibility index (Phi) is 4.60. The molecule has 1 rings (SSSR count). The van der Waals surface area contributed by atoms with E-state index in [1.54, 1.807) is 0 Å². The van der Waals surface area contributed by atoms with Crippen molar-refractivity contribution in [3.8, 4) is 0 Å². The van der Waals surface area contributed by atoms with Crippen LogP contribution in [-0.4, -0.2) is 51.1 Å². The Balaban J connectivity index is 2.69. The normalized spacial score (nSPS) is 9.89. The van der Waals surface area contributed by atoms with Crippen LogP contribution >= 0.6 is 11.6 Å². The summed E-state index contributed by atoms with van der Waals surface area (Å²) in [5.74, 6) is -0.0428. The van der Waals surface area contributed by atoms with E-state index in [2.05, 4.69) is 15.3 Å². The third-order valence-electron chi connectivity index (χ3n) is 2.00. The number of nitrogens with zero attached hydrogens (tertiary/aromatic N) is 4. The summed E-state index contributed by atoms with van der Waals surface area (Å²) in [6.45, 7) is 0.311. The summed E-state index contributed by atoms with van der Waals surface area (Å²) in [4.78, 5) is 28.7. The van der Waals surface area contributed by atoms with Crippen molar-refractivity contribution in [2.24, 2.45) is 0 Å². The summed E-state index contributed by atoms with van der Waals surface area (Å²) in [6, 6.07) is 0. The van der Waals surface area contributed by atoms with Crippen LogP contribution in [0.1, 0.15) is 0 Å². The van der Waals surface area contributed by atoms with E-state index in [0.29, 0.717) is 0 Å². The van der Waals surface area contributed by atoms with Crippen molar-refractivity contribution in [1.82, 2.24) is 14.9 Å². The second-order valence-corrected chi connectivity index (χ2v) is 3.60. The van der Waals surface area contributed by atoms with Gasteiger partial charge in [0, 0.05) is 20.1 Å². The highest BCUT2D eigenvalue weighted by molar-refractivity contribution is 6.28. The Morgan fingerprint density at radius 3 is 2.94 bits per heavy atom. The Labute approximate surface area is 107 Å². The highest BCUT2D eigenvalue weighted by atomic mass is 35.5. The summed E-state index contributed by atoms with van der Waals surface area (Å²) in [5.41, 5.74) is -0.322. The number of hydrogen-bond donors (Lipinski definition) is 2. The first kappa shape index (κ1) is 13.9. The number of anilines is 1. The van der Waals surface area contributed by atoms with E-state index in [9.17, 15) is 14.9 Å². The van der Waals surface area contributed by atoms with Crippen molar-refractivity contribution in [2.45, 2.75) is 0 Å². The maximum Gasteiger partial charge on any atom is 0.407 e. The van der Waals surface area contributed by atoms with Crippen LogP contribution in [0.3, 0.4) is 0 Å². The van der Waals surface area contributed by atoms with Gasteiger partial charge >= 0.3 is 11.8 Å². The minimum Gasteiger partial charge on any atom is -0.465 e. The zero-order valence-electron chi connectivity index (χ0n) is 9.33. The van der Waals surface area contributed by atoms with E-state index >= 15 is 0 Å². The zero-order chi connectivity index (χ0) is 13.7. The Hall–Kier alpha value is -2.16. The Morgan fingerprint density at radius 1 is 1.72 bits per heavy atom. The number of nitro groups is 1. The molecule has 0 aliphatic carbocycles. The van der Waals surface area contributed by atoms with Crippen molar-refractivity contribution in [1.29, 1.82) is 0 Å². The first-order valence-electron chi connectivity index (χ1n) is 4.76. The number of carboxylic acid groups (broad SMARTS) is 1. The molecular weight excluding hydrogens is 266 g/mol. The van der Waals surface area contributed by atoms with Gasteiger partial charge in [0.1, 0.15) is 6.20 Å². The van der Waals surface area contributed by atoms with Crippen LogP contribution in [-0.2, 0) is 0 Å². The molecule has 0 fully saturated rings. The fraction of sp³-hybridized carbons (Fsp3) is 0.375. The summed E-state index contributed by atoms with van der Waals surface area (Å²) >= 11 is 5.52. The van der Waals surface area contributed by atoms with E-state index in [1.807, 2.05) is 0 Å². The lowest BCUT2D eigenvalue weighted by molar-refractivity contribution is -0.384. The van der Waals surface area contributed by atoms with Gasteiger partial charge in [0.05, 0.1) is 4.92 Å². The van der Waals surface area contributed by atoms with E-state index in [4.69, 9.17) is 16.7 Å². The third kappa shape index (κ3) is 3.70. The lowest BCUT2D eigenvalue weighted by atomic mass is 10.4. The number of likely N-dealkylation sites (N-methyl/N-ethyl adjacent to an activating group) is 1. The summed E-state index contributed by atoms with van der Waals surface area (Å²) in [5, 5.41) is 21.8. The standard InChI is InChI=1S/C8H10ClN5O4/c1-13(8(15)16)3-2-10-6-5(14(17)18)4-11-7(9)12-6/h4H,2-3H2,1H3,(H,15,16)(H,10,11,12). The quantitative estimate of drug-likeness (QED) is 0.468. The van der Waals surface area contributed by atoms with E-state index < -0.39 is 11.0 Å². The number of halogens is 1. The largest absolute Gasteiger partial charge is 0.465 e. The molecule has 10 heteroatoms. The Morgan fingerprint density at radius 2 is 2.39 bits per heavy atom. The highest BCUT2D eigenvalue weighted by Crippen LogP contribution is 2.21. The molecule has 0 unspecified atom stereocenters. The van der Waals surface area contributed by atoms with Gasteiger partial charge in [-0.1, -0.05) is 0 Å². The van der Waals surface area contributed by atoms with Crippen LogP contribution in [0.2, 0.25) is 5.28 Å². The lowest BCUT2D eigenvalue weighted by Gasteiger charge is -2.13. The second-order valence-electron chi connectivity index (χ2n) is 3.26. The van der Waals surface area contributed by atoms with E-state index in [1.165, 1.54) is 7.05 Å². The number of hydrogen-bond acceptors (Lipinski definition) is 6. The topological polar surface area (TPSA) is 121 Å².